The fraction of sp³-hybridized carbons (Fsp3) is 0.611. The van der Waals surface area contributed by atoms with E-state index in [2.05, 4.69) is 36.6 Å². The molecule has 4 nitrogen and oxygen atoms in total. The third-order valence-corrected chi connectivity index (χ3v) is 6.02. The fourth-order valence-corrected chi connectivity index (χ4v) is 3.32. The van der Waals surface area contributed by atoms with Gasteiger partial charge in [0.1, 0.15) is 18.1 Å². The number of likely N-dealkylation sites (N-methyl/N-ethyl adjacent to an activating group) is 1. The van der Waals surface area contributed by atoms with Gasteiger partial charge in [0.15, 0.2) is 5.82 Å². The summed E-state index contributed by atoms with van der Waals surface area (Å²) >= 11 is 0. The van der Waals surface area contributed by atoms with E-state index < -0.39 is 19.7 Å². The van der Waals surface area contributed by atoms with Crippen LogP contribution < -0.4 is 0 Å². The number of rotatable bonds is 9. The Morgan fingerprint density at radius 1 is 1.24 bits per heavy atom. The summed E-state index contributed by atoms with van der Waals surface area (Å²) in [6, 6.07) is 3.31. The molecule has 25 heavy (non-hydrogen) atoms. The van der Waals surface area contributed by atoms with E-state index in [4.69, 9.17) is 4.74 Å². The first-order chi connectivity index (χ1) is 11.7. The molecule has 0 aliphatic rings. The molecule has 0 N–H and O–H groups in total. The maximum absolute atomic E-state index is 14.3. The van der Waals surface area contributed by atoms with Gasteiger partial charge >= 0.3 is 0 Å². The lowest BCUT2D eigenvalue weighted by Crippen LogP contribution is -2.22. The van der Waals surface area contributed by atoms with Gasteiger partial charge in [0.2, 0.25) is 0 Å². The Kier molecular flexibility index (Phi) is 6.70. The molecule has 2 rings (SSSR count). The molecule has 140 valence electrons. The lowest BCUT2D eigenvalue weighted by molar-refractivity contribution is 0.0810. The second-order valence-corrected chi connectivity index (χ2v) is 13.3. The Balaban J connectivity index is 2.21. The summed E-state index contributed by atoms with van der Waals surface area (Å²) in [5, 5.41) is 5.04. The first-order valence-electron chi connectivity index (χ1n) is 8.82. The van der Waals surface area contributed by atoms with E-state index in [1.165, 1.54) is 10.7 Å². The Bertz CT molecular complexity index is 712. The number of halogens is 2. The maximum Gasteiger partial charge on any atom is 0.152 e. The minimum Gasteiger partial charge on any atom is -0.360 e. The molecule has 0 atom stereocenters. The molecule has 1 heterocycles. The SMILES string of the molecule is CCN(C)CCc1nn(COCC[Si](C)(C)C)c2c(F)cc(F)cc12. The topological polar surface area (TPSA) is 30.3 Å². The number of nitrogens with zero attached hydrogens (tertiary/aromatic N) is 3. The van der Waals surface area contributed by atoms with Crippen molar-refractivity contribution in [3.05, 3.63) is 29.5 Å². The summed E-state index contributed by atoms with van der Waals surface area (Å²) in [6.07, 6.45) is 0.644. The van der Waals surface area contributed by atoms with Crippen LogP contribution in [0.15, 0.2) is 12.1 Å². The Morgan fingerprint density at radius 2 is 1.96 bits per heavy atom. The van der Waals surface area contributed by atoms with Crippen molar-refractivity contribution in [2.75, 3.05) is 26.7 Å². The van der Waals surface area contributed by atoms with Gasteiger partial charge in [-0.25, -0.2) is 13.5 Å². The molecular formula is C18H29F2N3OSi. The van der Waals surface area contributed by atoms with Crippen LogP contribution in [0.5, 0.6) is 0 Å². The summed E-state index contributed by atoms with van der Waals surface area (Å²) < 4.78 is 35.2. The highest BCUT2D eigenvalue weighted by atomic mass is 28.3. The molecule has 0 aliphatic carbocycles. The Hall–Kier alpha value is -1.31. The monoisotopic (exact) mass is 369 g/mol. The highest BCUT2D eigenvalue weighted by Crippen LogP contribution is 2.24. The van der Waals surface area contributed by atoms with Crippen LogP contribution >= 0.6 is 0 Å². The van der Waals surface area contributed by atoms with Crippen LogP contribution in [0.25, 0.3) is 10.9 Å². The van der Waals surface area contributed by atoms with Gasteiger partial charge in [-0.2, -0.15) is 5.10 Å². The van der Waals surface area contributed by atoms with Crippen molar-refractivity contribution in [1.82, 2.24) is 14.7 Å². The minimum absolute atomic E-state index is 0.188. The first kappa shape index (κ1) is 20.0. The molecule has 0 spiro atoms. The third-order valence-electron chi connectivity index (χ3n) is 4.32. The molecular weight excluding hydrogens is 340 g/mol. The van der Waals surface area contributed by atoms with E-state index in [-0.39, 0.29) is 6.73 Å². The number of ether oxygens (including phenoxy) is 1. The van der Waals surface area contributed by atoms with Crippen molar-refractivity contribution in [2.24, 2.45) is 0 Å². The van der Waals surface area contributed by atoms with Gasteiger partial charge in [0, 0.05) is 39.1 Å². The predicted octanol–water partition coefficient (Wildman–Crippen LogP) is 4.12. The van der Waals surface area contributed by atoms with Crippen molar-refractivity contribution in [3.63, 3.8) is 0 Å². The van der Waals surface area contributed by atoms with Crippen molar-refractivity contribution in [1.29, 1.82) is 0 Å². The van der Waals surface area contributed by atoms with Crippen molar-refractivity contribution in [2.45, 2.75) is 45.8 Å². The van der Waals surface area contributed by atoms with E-state index in [0.717, 1.165) is 25.2 Å². The van der Waals surface area contributed by atoms with Crippen LogP contribution in [-0.2, 0) is 17.9 Å². The van der Waals surface area contributed by atoms with Crippen LogP contribution in [0.3, 0.4) is 0 Å². The van der Waals surface area contributed by atoms with E-state index in [9.17, 15) is 8.78 Å². The van der Waals surface area contributed by atoms with Crippen molar-refractivity contribution in [3.8, 4) is 0 Å². The molecule has 1 aromatic heterocycles. The van der Waals surface area contributed by atoms with Crippen molar-refractivity contribution < 1.29 is 13.5 Å². The standard InChI is InChI=1S/C18H29F2N3OSi/c1-6-22(2)8-7-17-15-11-14(19)12-16(20)18(15)23(21-17)13-24-9-10-25(3,4)5/h11-12H,6-10,13H2,1-5H3. The van der Waals surface area contributed by atoms with E-state index in [1.54, 1.807) is 0 Å². The smallest absolute Gasteiger partial charge is 0.152 e. The molecule has 7 heteroatoms. The molecule has 0 radical (unpaired) electrons. The summed E-state index contributed by atoms with van der Waals surface area (Å²) in [6.45, 7) is 11.4. The summed E-state index contributed by atoms with van der Waals surface area (Å²) in [7, 11) is 0.838. The van der Waals surface area contributed by atoms with Gasteiger partial charge < -0.3 is 9.64 Å². The highest BCUT2D eigenvalue weighted by Gasteiger charge is 2.17. The molecule has 1 aromatic carbocycles. The van der Waals surface area contributed by atoms with Crippen LogP contribution in [-0.4, -0.2) is 49.5 Å². The predicted molar refractivity (Wildman–Crippen MR) is 101 cm³/mol. The molecule has 0 amide bonds. The largest absolute Gasteiger partial charge is 0.360 e. The molecule has 0 fully saturated rings. The number of hydrogen-bond donors (Lipinski definition) is 0. The van der Waals surface area contributed by atoms with Gasteiger partial charge in [-0.15, -0.1) is 0 Å². The third kappa shape index (κ3) is 5.59. The normalized spacial score (nSPS) is 12.5. The lowest BCUT2D eigenvalue weighted by atomic mass is 10.1. The van der Waals surface area contributed by atoms with Gasteiger partial charge in [0.25, 0.3) is 0 Å². The molecule has 0 saturated heterocycles. The van der Waals surface area contributed by atoms with Crippen LogP contribution in [0.1, 0.15) is 12.6 Å². The molecule has 0 aliphatic heterocycles. The van der Waals surface area contributed by atoms with Gasteiger partial charge in [-0.3, -0.25) is 0 Å². The Labute approximate surface area is 149 Å². The summed E-state index contributed by atoms with van der Waals surface area (Å²) in [4.78, 5) is 2.14. The number of hydrogen-bond acceptors (Lipinski definition) is 3. The van der Waals surface area contributed by atoms with Gasteiger partial charge in [-0.05, 0) is 25.7 Å². The zero-order chi connectivity index (χ0) is 18.6. The molecule has 0 saturated carbocycles. The number of benzene rings is 1. The molecule has 0 unspecified atom stereocenters. The van der Waals surface area contributed by atoms with Crippen LogP contribution in [0.4, 0.5) is 8.78 Å². The zero-order valence-electron chi connectivity index (χ0n) is 15.9. The lowest BCUT2D eigenvalue weighted by Gasteiger charge is -2.15. The van der Waals surface area contributed by atoms with E-state index >= 15 is 0 Å². The minimum atomic E-state index is -1.18. The number of fused-ring (bicyclic) bond motifs is 1. The fourth-order valence-electron chi connectivity index (χ4n) is 2.56. The molecule has 0 bridgehead atoms. The second-order valence-electron chi connectivity index (χ2n) is 7.72. The average Bonchev–Trinajstić information content (AvgIpc) is 2.86. The van der Waals surface area contributed by atoms with E-state index in [1.807, 2.05) is 7.05 Å². The van der Waals surface area contributed by atoms with Crippen molar-refractivity contribution >= 4 is 19.0 Å². The van der Waals surface area contributed by atoms with Gasteiger partial charge in [0.05, 0.1) is 5.69 Å². The summed E-state index contributed by atoms with van der Waals surface area (Å²) in [5.41, 5.74) is 1.03. The average molecular weight is 370 g/mol. The number of aromatic nitrogens is 2. The first-order valence-corrected chi connectivity index (χ1v) is 12.5. The maximum atomic E-state index is 14.3. The van der Waals surface area contributed by atoms with Gasteiger partial charge in [-0.1, -0.05) is 26.6 Å². The van der Waals surface area contributed by atoms with Crippen LogP contribution in [0.2, 0.25) is 25.7 Å². The zero-order valence-corrected chi connectivity index (χ0v) is 16.9. The van der Waals surface area contributed by atoms with E-state index in [0.29, 0.717) is 29.6 Å². The molecule has 2 aromatic rings. The summed E-state index contributed by atoms with van der Waals surface area (Å²) in [5.74, 6) is -1.17. The van der Waals surface area contributed by atoms with Crippen LogP contribution in [0, 0.1) is 11.6 Å². The quantitative estimate of drug-likeness (QED) is 0.492. The Morgan fingerprint density at radius 3 is 2.60 bits per heavy atom. The highest BCUT2D eigenvalue weighted by molar-refractivity contribution is 6.76. The second kappa shape index (κ2) is 8.38.